The SMILES string of the molecule is COc1cc2c(cc1OC)C(CCNC(C)=O)CCC2. The van der Waals surface area contributed by atoms with Crippen LogP contribution in [0.3, 0.4) is 0 Å². The summed E-state index contributed by atoms with van der Waals surface area (Å²) in [5.41, 5.74) is 2.70. The summed E-state index contributed by atoms with van der Waals surface area (Å²) in [6.07, 6.45) is 4.42. The van der Waals surface area contributed by atoms with E-state index >= 15 is 0 Å². The molecule has 0 saturated carbocycles. The highest BCUT2D eigenvalue weighted by Gasteiger charge is 2.22. The molecule has 0 aromatic heterocycles. The zero-order chi connectivity index (χ0) is 14.5. The van der Waals surface area contributed by atoms with Crippen LogP contribution in [0.4, 0.5) is 0 Å². The molecule has 1 aromatic rings. The van der Waals surface area contributed by atoms with Crippen molar-refractivity contribution in [2.24, 2.45) is 0 Å². The second-order valence-electron chi connectivity index (χ2n) is 5.27. The van der Waals surface area contributed by atoms with Gasteiger partial charge in [0, 0.05) is 13.5 Å². The third-order valence-corrected chi connectivity index (χ3v) is 3.95. The van der Waals surface area contributed by atoms with E-state index in [0.29, 0.717) is 5.92 Å². The summed E-state index contributed by atoms with van der Waals surface area (Å²) in [4.78, 5) is 11.0. The lowest BCUT2D eigenvalue weighted by atomic mass is 9.81. The second kappa shape index (κ2) is 6.64. The molecule has 0 fully saturated rings. The average molecular weight is 277 g/mol. The normalized spacial score (nSPS) is 17.2. The summed E-state index contributed by atoms with van der Waals surface area (Å²) in [5, 5.41) is 2.88. The molecular formula is C16H23NO3. The summed E-state index contributed by atoms with van der Waals surface area (Å²) in [5.74, 6) is 2.12. The quantitative estimate of drug-likeness (QED) is 0.900. The van der Waals surface area contributed by atoms with E-state index in [-0.39, 0.29) is 5.91 Å². The molecule has 0 saturated heterocycles. The molecule has 0 heterocycles. The molecule has 0 spiro atoms. The van der Waals surface area contributed by atoms with Gasteiger partial charge in [-0.25, -0.2) is 0 Å². The van der Waals surface area contributed by atoms with Gasteiger partial charge in [0.05, 0.1) is 14.2 Å². The summed E-state index contributed by atoms with van der Waals surface area (Å²) < 4.78 is 10.8. The predicted octanol–water partition coefficient (Wildman–Crippen LogP) is 2.65. The van der Waals surface area contributed by atoms with Gasteiger partial charge in [-0.15, -0.1) is 0 Å². The highest BCUT2D eigenvalue weighted by Crippen LogP contribution is 2.40. The molecule has 1 N–H and O–H groups in total. The van der Waals surface area contributed by atoms with Crippen LogP contribution >= 0.6 is 0 Å². The van der Waals surface area contributed by atoms with Crippen molar-refractivity contribution >= 4 is 5.91 Å². The molecule has 4 heteroatoms. The molecule has 1 aliphatic carbocycles. The number of benzene rings is 1. The van der Waals surface area contributed by atoms with E-state index in [1.54, 1.807) is 21.1 Å². The molecule has 110 valence electrons. The van der Waals surface area contributed by atoms with Gasteiger partial charge in [-0.2, -0.15) is 0 Å². The third kappa shape index (κ3) is 3.24. The minimum absolute atomic E-state index is 0.0355. The number of nitrogens with one attached hydrogen (secondary N) is 1. The molecule has 1 aliphatic rings. The first kappa shape index (κ1) is 14.7. The number of hydrogen-bond donors (Lipinski definition) is 1. The van der Waals surface area contributed by atoms with Crippen molar-refractivity contribution < 1.29 is 14.3 Å². The number of aryl methyl sites for hydroxylation is 1. The highest BCUT2D eigenvalue weighted by molar-refractivity contribution is 5.72. The largest absolute Gasteiger partial charge is 0.493 e. The number of amides is 1. The van der Waals surface area contributed by atoms with Crippen molar-refractivity contribution in [3.63, 3.8) is 0 Å². The van der Waals surface area contributed by atoms with Gasteiger partial charge >= 0.3 is 0 Å². The Balaban J connectivity index is 2.18. The Bertz CT molecular complexity index is 485. The number of methoxy groups -OCH3 is 2. The molecule has 20 heavy (non-hydrogen) atoms. The standard InChI is InChI=1S/C16H23NO3/c1-11(18)17-8-7-12-5-4-6-13-9-15(19-2)16(20-3)10-14(12)13/h9-10,12H,4-8H2,1-3H3,(H,17,18). The molecule has 2 rings (SSSR count). The summed E-state index contributed by atoms with van der Waals surface area (Å²) in [6, 6.07) is 4.20. The van der Waals surface area contributed by atoms with Crippen LogP contribution < -0.4 is 14.8 Å². The molecule has 1 unspecified atom stereocenters. The lowest BCUT2D eigenvalue weighted by Crippen LogP contribution is -2.23. The van der Waals surface area contributed by atoms with E-state index in [4.69, 9.17) is 9.47 Å². The van der Waals surface area contributed by atoms with E-state index in [1.807, 2.05) is 0 Å². The fraction of sp³-hybridized carbons (Fsp3) is 0.562. The van der Waals surface area contributed by atoms with Crippen LogP contribution in [0.1, 0.15) is 43.2 Å². The van der Waals surface area contributed by atoms with E-state index in [0.717, 1.165) is 30.9 Å². The first-order valence-electron chi connectivity index (χ1n) is 7.15. The van der Waals surface area contributed by atoms with Gasteiger partial charge in [-0.1, -0.05) is 0 Å². The molecule has 0 aliphatic heterocycles. The van der Waals surface area contributed by atoms with E-state index < -0.39 is 0 Å². The molecular weight excluding hydrogens is 254 g/mol. The molecule has 1 atom stereocenters. The summed E-state index contributed by atoms with van der Waals surface area (Å²) in [6.45, 7) is 2.29. The fourth-order valence-electron chi connectivity index (χ4n) is 2.95. The minimum atomic E-state index is 0.0355. The maximum absolute atomic E-state index is 11.0. The number of ether oxygens (including phenoxy) is 2. The van der Waals surface area contributed by atoms with E-state index in [9.17, 15) is 4.79 Å². The van der Waals surface area contributed by atoms with Crippen molar-refractivity contribution in [1.29, 1.82) is 0 Å². The first-order valence-corrected chi connectivity index (χ1v) is 7.15. The Morgan fingerprint density at radius 2 is 2.00 bits per heavy atom. The molecule has 0 bridgehead atoms. The second-order valence-corrected chi connectivity index (χ2v) is 5.27. The van der Waals surface area contributed by atoms with Crippen molar-refractivity contribution in [2.45, 2.75) is 38.5 Å². The maximum atomic E-state index is 11.0. The molecule has 1 aromatic carbocycles. The van der Waals surface area contributed by atoms with Gasteiger partial charge in [0.2, 0.25) is 5.91 Å². The minimum Gasteiger partial charge on any atom is -0.493 e. The van der Waals surface area contributed by atoms with E-state index in [1.165, 1.54) is 24.0 Å². The smallest absolute Gasteiger partial charge is 0.216 e. The lowest BCUT2D eigenvalue weighted by Gasteiger charge is -2.27. The summed E-state index contributed by atoms with van der Waals surface area (Å²) >= 11 is 0. The van der Waals surface area contributed by atoms with Gasteiger partial charge in [0.15, 0.2) is 11.5 Å². The molecule has 0 radical (unpaired) electrons. The Kier molecular flexibility index (Phi) is 4.88. The van der Waals surface area contributed by atoms with Crippen LogP contribution in [0.2, 0.25) is 0 Å². The van der Waals surface area contributed by atoms with Gasteiger partial charge in [0.1, 0.15) is 0 Å². The van der Waals surface area contributed by atoms with Crippen molar-refractivity contribution in [3.8, 4) is 11.5 Å². The van der Waals surface area contributed by atoms with Crippen LogP contribution in [0.5, 0.6) is 11.5 Å². The zero-order valence-electron chi connectivity index (χ0n) is 12.5. The predicted molar refractivity (Wildman–Crippen MR) is 78.5 cm³/mol. The first-order chi connectivity index (χ1) is 9.65. The van der Waals surface area contributed by atoms with Crippen LogP contribution in [0.25, 0.3) is 0 Å². The summed E-state index contributed by atoms with van der Waals surface area (Å²) in [7, 11) is 3.33. The Hall–Kier alpha value is -1.71. The van der Waals surface area contributed by atoms with Crippen molar-refractivity contribution in [2.75, 3.05) is 20.8 Å². The van der Waals surface area contributed by atoms with Gasteiger partial charge in [0.25, 0.3) is 0 Å². The van der Waals surface area contributed by atoms with Gasteiger partial charge < -0.3 is 14.8 Å². The molecule has 4 nitrogen and oxygen atoms in total. The maximum Gasteiger partial charge on any atom is 0.216 e. The van der Waals surface area contributed by atoms with E-state index in [2.05, 4.69) is 17.4 Å². The number of carbonyl (C=O) groups is 1. The average Bonchev–Trinajstić information content (AvgIpc) is 2.45. The number of fused-ring (bicyclic) bond motifs is 1. The number of hydrogen-bond acceptors (Lipinski definition) is 3. The van der Waals surface area contributed by atoms with Crippen LogP contribution in [-0.4, -0.2) is 26.7 Å². The fourth-order valence-corrected chi connectivity index (χ4v) is 2.95. The Morgan fingerprint density at radius 1 is 1.30 bits per heavy atom. The van der Waals surface area contributed by atoms with Crippen molar-refractivity contribution in [3.05, 3.63) is 23.3 Å². The Morgan fingerprint density at radius 3 is 2.65 bits per heavy atom. The van der Waals surface area contributed by atoms with Crippen LogP contribution in [0.15, 0.2) is 12.1 Å². The lowest BCUT2D eigenvalue weighted by molar-refractivity contribution is -0.118. The highest BCUT2D eigenvalue weighted by atomic mass is 16.5. The molecule has 1 amide bonds. The number of rotatable bonds is 5. The van der Waals surface area contributed by atoms with Gasteiger partial charge in [-0.05, 0) is 54.9 Å². The van der Waals surface area contributed by atoms with Crippen LogP contribution in [-0.2, 0) is 11.2 Å². The van der Waals surface area contributed by atoms with Gasteiger partial charge in [-0.3, -0.25) is 4.79 Å². The topological polar surface area (TPSA) is 47.6 Å². The monoisotopic (exact) mass is 277 g/mol. The Labute approximate surface area is 120 Å². The van der Waals surface area contributed by atoms with Crippen molar-refractivity contribution in [1.82, 2.24) is 5.32 Å². The zero-order valence-corrected chi connectivity index (χ0v) is 12.5. The van der Waals surface area contributed by atoms with Crippen LogP contribution in [0, 0.1) is 0 Å². The number of carbonyl (C=O) groups excluding carboxylic acids is 1. The third-order valence-electron chi connectivity index (χ3n) is 3.95.